The molecule has 0 saturated heterocycles. The van der Waals surface area contributed by atoms with Crippen molar-refractivity contribution in [3.8, 4) is 0 Å². The van der Waals surface area contributed by atoms with Gasteiger partial charge in [-0.2, -0.15) is 0 Å². The van der Waals surface area contributed by atoms with Gasteiger partial charge in [0.25, 0.3) is 0 Å². The number of aliphatic carboxylic acids is 2. The number of rotatable bonds is 2. The van der Waals surface area contributed by atoms with Crippen molar-refractivity contribution < 1.29 is 30.0 Å². The second-order valence-corrected chi connectivity index (χ2v) is 2.85. The van der Waals surface area contributed by atoms with E-state index in [4.69, 9.17) is 15.3 Å². The van der Waals surface area contributed by atoms with Crippen LogP contribution in [0.25, 0.3) is 0 Å². The molecule has 4 N–H and O–H groups in total. The molecule has 0 heterocycles. The average Bonchev–Trinajstić information content (AvgIpc) is 2.02. The van der Waals surface area contributed by atoms with Crippen LogP contribution in [0, 0.1) is 5.92 Å². The van der Waals surface area contributed by atoms with Crippen molar-refractivity contribution in [1.29, 1.82) is 0 Å². The number of carboxylic acids is 2. The van der Waals surface area contributed by atoms with E-state index in [0.717, 1.165) is 18.2 Å². The van der Waals surface area contributed by atoms with Crippen molar-refractivity contribution in [2.75, 3.05) is 0 Å². The number of aliphatic hydroxyl groups excluding tert-OH is 1. The second-order valence-electron chi connectivity index (χ2n) is 2.85. The smallest absolute Gasteiger partial charge is 0.341 e. The van der Waals surface area contributed by atoms with Gasteiger partial charge in [-0.1, -0.05) is 6.08 Å². The fourth-order valence-corrected chi connectivity index (χ4v) is 1.22. The summed E-state index contributed by atoms with van der Waals surface area (Å²) in [5, 5.41) is 35.9. The summed E-state index contributed by atoms with van der Waals surface area (Å²) in [7, 11) is 0. The zero-order valence-corrected chi connectivity index (χ0v) is 6.91. The number of hydrogen-bond acceptors (Lipinski definition) is 4. The van der Waals surface area contributed by atoms with Crippen LogP contribution in [0.5, 0.6) is 0 Å². The maximum absolute atomic E-state index is 10.6. The quantitative estimate of drug-likeness (QED) is 0.478. The van der Waals surface area contributed by atoms with E-state index >= 15 is 0 Å². The minimum absolute atomic E-state index is 0.690. The maximum atomic E-state index is 10.6. The maximum Gasteiger partial charge on any atom is 0.341 e. The molecule has 2 atom stereocenters. The van der Waals surface area contributed by atoms with Crippen LogP contribution in [0.1, 0.15) is 0 Å². The molecule has 0 spiro atoms. The normalized spacial score (nSPS) is 30.9. The molecule has 0 amide bonds. The number of allylic oxidation sites excluding steroid dienone is 2. The molecule has 0 radical (unpaired) electrons. The van der Waals surface area contributed by atoms with Gasteiger partial charge in [0.15, 0.2) is 5.92 Å². The zero-order valence-electron chi connectivity index (χ0n) is 6.91. The third-order valence-electron chi connectivity index (χ3n) is 1.94. The Morgan fingerprint density at radius 3 is 2.29 bits per heavy atom. The molecule has 76 valence electrons. The summed E-state index contributed by atoms with van der Waals surface area (Å²) in [6, 6.07) is 0. The SMILES string of the molecule is O=C(O)C1C(O)=CC=CC1(O)C(=O)O. The van der Waals surface area contributed by atoms with Crippen LogP contribution in [0.3, 0.4) is 0 Å². The summed E-state index contributed by atoms with van der Waals surface area (Å²) in [6.45, 7) is 0. The summed E-state index contributed by atoms with van der Waals surface area (Å²) in [5.74, 6) is -5.89. The van der Waals surface area contributed by atoms with E-state index in [1.807, 2.05) is 0 Å². The number of hydrogen-bond donors (Lipinski definition) is 4. The largest absolute Gasteiger partial charge is 0.511 e. The fourth-order valence-electron chi connectivity index (χ4n) is 1.22. The predicted molar refractivity (Wildman–Crippen MR) is 43.6 cm³/mol. The molecule has 0 aromatic heterocycles. The van der Waals surface area contributed by atoms with Crippen LogP contribution in [0.4, 0.5) is 0 Å². The summed E-state index contributed by atoms with van der Waals surface area (Å²) in [6.07, 6.45) is 2.92. The lowest BCUT2D eigenvalue weighted by Crippen LogP contribution is -2.49. The second kappa shape index (κ2) is 3.15. The highest BCUT2D eigenvalue weighted by atomic mass is 16.4. The molecule has 2 unspecified atom stereocenters. The first-order chi connectivity index (χ1) is 6.39. The van der Waals surface area contributed by atoms with Crippen LogP contribution in [0.2, 0.25) is 0 Å². The predicted octanol–water partition coefficient (Wildman–Crippen LogP) is -0.485. The molecule has 14 heavy (non-hydrogen) atoms. The molecular weight excluding hydrogens is 192 g/mol. The summed E-state index contributed by atoms with van der Waals surface area (Å²) in [5.41, 5.74) is -2.59. The van der Waals surface area contributed by atoms with Crippen molar-refractivity contribution in [2.24, 2.45) is 5.92 Å². The first-order valence-corrected chi connectivity index (χ1v) is 3.66. The molecule has 0 bridgehead atoms. The van der Waals surface area contributed by atoms with Gasteiger partial charge in [0.05, 0.1) is 0 Å². The highest BCUT2D eigenvalue weighted by Crippen LogP contribution is 2.29. The van der Waals surface area contributed by atoms with Crippen molar-refractivity contribution in [1.82, 2.24) is 0 Å². The van der Waals surface area contributed by atoms with Gasteiger partial charge in [-0.3, -0.25) is 4.79 Å². The zero-order chi connectivity index (χ0) is 10.9. The topological polar surface area (TPSA) is 115 Å². The Bertz CT molecular complexity index is 342. The van der Waals surface area contributed by atoms with Crippen LogP contribution in [0.15, 0.2) is 24.0 Å². The van der Waals surface area contributed by atoms with Crippen LogP contribution in [-0.2, 0) is 9.59 Å². The molecule has 0 aromatic carbocycles. The van der Waals surface area contributed by atoms with Gasteiger partial charge >= 0.3 is 11.9 Å². The van der Waals surface area contributed by atoms with Gasteiger partial charge in [-0.05, 0) is 12.2 Å². The lowest BCUT2D eigenvalue weighted by Gasteiger charge is -2.28. The van der Waals surface area contributed by atoms with Crippen LogP contribution < -0.4 is 0 Å². The number of carbonyl (C=O) groups is 2. The van der Waals surface area contributed by atoms with Crippen LogP contribution in [-0.4, -0.2) is 38.0 Å². The van der Waals surface area contributed by atoms with E-state index in [0.29, 0.717) is 0 Å². The molecule has 1 aliphatic rings. The molecule has 6 nitrogen and oxygen atoms in total. The molecular formula is C8H8O6. The van der Waals surface area contributed by atoms with Crippen LogP contribution >= 0.6 is 0 Å². The lowest BCUT2D eigenvalue weighted by atomic mass is 9.82. The first-order valence-electron chi connectivity index (χ1n) is 3.66. The average molecular weight is 200 g/mol. The lowest BCUT2D eigenvalue weighted by molar-refractivity contribution is -0.167. The third-order valence-corrected chi connectivity index (χ3v) is 1.94. The Balaban J connectivity index is 3.20. The molecule has 1 aliphatic carbocycles. The standard InChI is InChI=1S/C8H8O6/c9-4-2-1-3-8(14,7(12)13)5(4)6(10)11/h1-3,5,9,14H,(H,10,11)(H,12,13). The Kier molecular flexibility index (Phi) is 2.31. The number of carboxylic acid groups (broad SMARTS) is 2. The Morgan fingerprint density at radius 2 is 1.93 bits per heavy atom. The fraction of sp³-hybridized carbons (Fsp3) is 0.250. The summed E-state index contributed by atoms with van der Waals surface area (Å²) < 4.78 is 0. The van der Waals surface area contributed by atoms with Gasteiger partial charge in [-0.15, -0.1) is 0 Å². The Morgan fingerprint density at radius 1 is 1.36 bits per heavy atom. The van der Waals surface area contributed by atoms with Gasteiger partial charge in [0.1, 0.15) is 5.76 Å². The van der Waals surface area contributed by atoms with E-state index in [1.54, 1.807) is 0 Å². The molecule has 0 aliphatic heterocycles. The van der Waals surface area contributed by atoms with Crippen molar-refractivity contribution in [3.05, 3.63) is 24.0 Å². The monoisotopic (exact) mass is 200 g/mol. The molecule has 0 fully saturated rings. The van der Waals surface area contributed by atoms with Gasteiger partial charge in [0.2, 0.25) is 5.60 Å². The minimum Gasteiger partial charge on any atom is -0.511 e. The van der Waals surface area contributed by atoms with Crippen molar-refractivity contribution in [2.45, 2.75) is 5.60 Å². The van der Waals surface area contributed by atoms with Crippen molar-refractivity contribution >= 4 is 11.9 Å². The van der Waals surface area contributed by atoms with E-state index in [2.05, 4.69) is 0 Å². The molecule has 1 rings (SSSR count). The van der Waals surface area contributed by atoms with E-state index in [1.165, 1.54) is 0 Å². The van der Waals surface area contributed by atoms with E-state index in [9.17, 15) is 14.7 Å². The van der Waals surface area contributed by atoms with E-state index in [-0.39, 0.29) is 0 Å². The summed E-state index contributed by atoms with van der Waals surface area (Å²) >= 11 is 0. The van der Waals surface area contributed by atoms with Gasteiger partial charge < -0.3 is 20.4 Å². The Hall–Kier alpha value is -1.82. The third kappa shape index (κ3) is 1.35. The molecule has 0 saturated carbocycles. The van der Waals surface area contributed by atoms with Gasteiger partial charge in [-0.25, -0.2) is 4.79 Å². The highest BCUT2D eigenvalue weighted by molar-refractivity contribution is 5.90. The summed E-state index contributed by atoms with van der Waals surface area (Å²) in [4.78, 5) is 21.3. The number of aliphatic hydroxyl groups is 2. The highest BCUT2D eigenvalue weighted by Gasteiger charge is 2.50. The first kappa shape index (κ1) is 10.3. The van der Waals surface area contributed by atoms with E-state index < -0.39 is 29.2 Å². The Labute approximate surface area is 78.4 Å². The van der Waals surface area contributed by atoms with Gasteiger partial charge in [0, 0.05) is 0 Å². The molecule has 6 heteroatoms. The molecule has 0 aromatic rings. The van der Waals surface area contributed by atoms with Crippen molar-refractivity contribution in [3.63, 3.8) is 0 Å². The minimum atomic E-state index is -2.59.